The van der Waals surface area contributed by atoms with Gasteiger partial charge in [-0.15, -0.1) is 9.60 Å². The minimum absolute atomic E-state index is 0.341. The Hall–Kier alpha value is -0.640. The van der Waals surface area contributed by atoms with E-state index in [0.717, 1.165) is 6.42 Å². The maximum atomic E-state index is 12.4. The molecule has 52 valence electrons. The number of primary amides is 1. The van der Waals surface area contributed by atoms with Crippen molar-refractivity contribution in [3.05, 3.63) is 0 Å². The first-order valence-electron chi connectivity index (χ1n) is 2.93. The van der Waals surface area contributed by atoms with Gasteiger partial charge in [0.15, 0.2) is 0 Å². The van der Waals surface area contributed by atoms with Crippen LogP contribution in [-0.2, 0) is 4.79 Å². The third kappa shape index (κ3) is 1.18. The molecule has 0 unspecified atom stereocenters. The lowest BCUT2D eigenvalue weighted by molar-refractivity contribution is -0.127. The molecule has 0 aromatic heterocycles. The van der Waals surface area contributed by atoms with Crippen molar-refractivity contribution in [1.29, 1.82) is 0 Å². The summed E-state index contributed by atoms with van der Waals surface area (Å²) in [6.45, 7) is 0.341. The van der Waals surface area contributed by atoms with Crippen LogP contribution in [0.1, 0.15) is 12.8 Å². The number of hydrogen-bond acceptors (Lipinski definition) is 2. The monoisotopic (exact) mass is 132 g/mol. The summed E-state index contributed by atoms with van der Waals surface area (Å²) in [5, 5.41) is 0.502. The first-order valence-corrected chi connectivity index (χ1v) is 2.93. The van der Waals surface area contributed by atoms with E-state index in [2.05, 4.69) is 0 Å². The second kappa shape index (κ2) is 2.31. The highest BCUT2D eigenvalue weighted by molar-refractivity contribution is 5.79. The van der Waals surface area contributed by atoms with Crippen molar-refractivity contribution >= 4 is 5.91 Å². The maximum absolute atomic E-state index is 12.4. The molecular formula is C5H9FN2O. The van der Waals surface area contributed by atoms with Crippen LogP contribution in [0, 0.1) is 0 Å². The first kappa shape index (κ1) is 6.48. The van der Waals surface area contributed by atoms with Crippen LogP contribution in [0.5, 0.6) is 0 Å². The fourth-order valence-electron chi connectivity index (χ4n) is 1.01. The average molecular weight is 132 g/mol. The SMILES string of the molecule is NC(=O)[C@@H]1CCCN1F. The minimum atomic E-state index is -0.662. The van der Waals surface area contributed by atoms with Crippen molar-refractivity contribution in [2.75, 3.05) is 6.54 Å². The molecule has 9 heavy (non-hydrogen) atoms. The lowest BCUT2D eigenvalue weighted by atomic mass is 10.2. The molecule has 0 aliphatic carbocycles. The Kier molecular flexibility index (Phi) is 1.66. The van der Waals surface area contributed by atoms with Crippen molar-refractivity contribution in [3.63, 3.8) is 0 Å². The Labute approximate surface area is 52.6 Å². The van der Waals surface area contributed by atoms with Gasteiger partial charge in [-0.05, 0) is 12.8 Å². The molecule has 1 rings (SSSR count). The minimum Gasteiger partial charge on any atom is -0.368 e. The second-order valence-corrected chi connectivity index (χ2v) is 2.18. The second-order valence-electron chi connectivity index (χ2n) is 2.18. The number of nitrogens with two attached hydrogens (primary N) is 1. The highest BCUT2D eigenvalue weighted by Crippen LogP contribution is 2.15. The summed E-state index contributed by atoms with van der Waals surface area (Å²) < 4.78 is 12.4. The molecule has 1 aliphatic heterocycles. The van der Waals surface area contributed by atoms with Gasteiger partial charge in [-0.1, -0.05) is 0 Å². The Bertz CT molecular complexity index is 128. The van der Waals surface area contributed by atoms with E-state index in [9.17, 15) is 9.28 Å². The number of rotatable bonds is 1. The zero-order chi connectivity index (χ0) is 6.85. The summed E-state index contributed by atoms with van der Waals surface area (Å²) in [6.07, 6.45) is 1.29. The molecule has 3 nitrogen and oxygen atoms in total. The standard InChI is InChI=1S/C5H9FN2O/c6-8-3-1-2-4(8)5(7)9/h4H,1-3H2,(H2,7,9)/t4-/m0/s1. The fourth-order valence-corrected chi connectivity index (χ4v) is 1.01. The highest BCUT2D eigenvalue weighted by atomic mass is 19.2. The van der Waals surface area contributed by atoms with Crippen LogP contribution in [0.15, 0.2) is 0 Å². The van der Waals surface area contributed by atoms with Crippen LogP contribution in [0.4, 0.5) is 4.48 Å². The molecule has 0 bridgehead atoms. The fraction of sp³-hybridized carbons (Fsp3) is 0.800. The number of amides is 1. The molecule has 1 aliphatic rings. The lowest BCUT2D eigenvalue weighted by Gasteiger charge is -2.08. The Morgan fingerprint density at radius 2 is 2.44 bits per heavy atom. The van der Waals surface area contributed by atoms with E-state index in [1.54, 1.807) is 0 Å². The molecule has 0 spiro atoms. The molecule has 0 radical (unpaired) electrons. The van der Waals surface area contributed by atoms with Gasteiger partial charge in [0, 0.05) is 6.54 Å². The molecule has 0 saturated carbocycles. The van der Waals surface area contributed by atoms with Gasteiger partial charge in [0.2, 0.25) is 5.91 Å². The van der Waals surface area contributed by atoms with Gasteiger partial charge in [0.25, 0.3) is 0 Å². The summed E-state index contributed by atoms with van der Waals surface area (Å²) in [7, 11) is 0. The van der Waals surface area contributed by atoms with Gasteiger partial charge in [-0.2, -0.15) is 0 Å². The predicted octanol–water partition coefficient (Wildman–Crippen LogP) is -0.179. The summed E-state index contributed by atoms with van der Waals surface area (Å²) >= 11 is 0. The number of hydrogen-bond donors (Lipinski definition) is 1. The van der Waals surface area contributed by atoms with Gasteiger partial charge in [-0.25, -0.2) is 0 Å². The van der Waals surface area contributed by atoms with Gasteiger partial charge in [-0.3, -0.25) is 4.79 Å². The van der Waals surface area contributed by atoms with Crippen LogP contribution in [0.2, 0.25) is 0 Å². The Balaban J connectivity index is 2.49. The van der Waals surface area contributed by atoms with E-state index in [-0.39, 0.29) is 0 Å². The number of nitrogens with zero attached hydrogens (tertiary/aromatic N) is 1. The summed E-state index contributed by atoms with van der Waals surface area (Å²) in [6, 6.07) is -0.662. The molecule has 1 atom stereocenters. The van der Waals surface area contributed by atoms with Crippen LogP contribution >= 0.6 is 0 Å². The lowest BCUT2D eigenvalue weighted by Crippen LogP contribution is -2.35. The van der Waals surface area contributed by atoms with E-state index < -0.39 is 11.9 Å². The van der Waals surface area contributed by atoms with Gasteiger partial charge < -0.3 is 5.73 Å². The molecule has 0 aromatic carbocycles. The largest absolute Gasteiger partial charge is 0.368 e. The number of halogens is 1. The third-order valence-electron chi connectivity index (χ3n) is 1.52. The number of carbonyl (C=O) groups excluding carboxylic acids is 1. The highest BCUT2D eigenvalue weighted by Gasteiger charge is 2.28. The van der Waals surface area contributed by atoms with Crippen molar-refractivity contribution in [3.8, 4) is 0 Å². The zero-order valence-corrected chi connectivity index (χ0v) is 5.01. The predicted molar refractivity (Wildman–Crippen MR) is 30.0 cm³/mol. The van der Waals surface area contributed by atoms with E-state index >= 15 is 0 Å². The molecular weight excluding hydrogens is 123 g/mol. The smallest absolute Gasteiger partial charge is 0.237 e. The maximum Gasteiger partial charge on any atom is 0.237 e. The molecule has 1 saturated heterocycles. The Morgan fingerprint density at radius 1 is 1.78 bits per heavy atom. The van der Waals surface area contributed by atoms with Crippen molar-refractivity contribution < 1.29 is 9.28 Å². The summed E-state index contributed by atoms with van der Waals surface area (Å²) in [4.78, 5) is 10.4. The Morgan fingerprint density at radius 3 is 2.67 bits per heavy atom. The average Bonchev–Trinajstić information content (AvgIpc) is 2.13. The van der Waals surface area contributed by atoms with Crippen molar-refractivity contribution in [2.24, 2.45) is 5.73 Å². The molecule has 4 heteroatoms. The van der Waals surface area contributed by atoms with Crippen LogP contribution in [0.3, 0.4) is 0 Å². The third-order valence-corrected chi connectivity index (χ3v) is 1.52. The van der Waals surface area contributed by atoms with E-state index in [4.69, 9.17) is 5.73 Å². The topological polar surface area (TPSA) is 46.3 Å². The summed E-state index contributed by atoms with van der Waals surface area (Å²) in [5.41, 5.74) is 4.87. The number of carbonyl (C=O) groups is 1. The molecule has 2 N–H and O–H groups in total. The first-order chi connectivity index (χ1) is 4.22. The van der Waals surface area contributed by atoms with Crippen LogP contribution in [-0.4, -0.2) is 23.6 Å². The molecule has 1 fully saturated rings. The van der Waals surface area contributed by atoms with E-state index in [1.807, 2.05) is 0 Å². The van der Waals surface area contributed by atoms with Crippen LogP contribution < -0.4 is 5.73 Å². The summed E-state index contributed by atoms with van der Waals surface area (Å²) in [5.74, 6) is -0.560. The zero-order valence-electron chi connectivity index (χ0n) is 5.01. The van der Waals surface area contributed by atoms with Crippen LogP contribution in [0.25, 0.3) is 0 Å². The van der Waals surface area contributed by atoms with Crippen molar-refractivity contribution in [2.45, 2.75) is 18.9 Å². The molecule has 1 heterocycles. The van der Waals surface area contributed by atoms with E-state index in [0.29, 0.717) is 18.1 Å². The molecule has 0 aromatic rings. The van der Waals surface area contributed by atoms with E-state index in [1.165, 1.54) is 0 Å². The van der Waals surface area contributed by atoms with Crippen molar-refractivity contribution in [1.82, 2.24) is 5.12 Å². The quantitative estimate of drug-likeness (QED) is 0.503. The van der Waals surface area contributed by atoms with Gasteiger partial charge >= 0.3 is 0 Å². The van der Waals surface area contributed by atoms with Gasteiger partial charge in [0.1, 0.15) is 6.04 Å². The van der Waals surface area contributed by atoms with Gasteiger partial charge in [0.05, 0.1) is 0 Å². The molecule has 1 amide bonds. The normalized spacial score (nSPS) is 28.8.